The van der Waals surface area contributed by atoms with Crippen LogP contribution in [-0.4, -0.2) is 59.7 Å². The molecule has 1 atom stereocenters. The Labute approximate surface area is 157 Å². The molecular formula is C16H31IN6. The Hall–Kier alpha value is -0.830. The normalized spacial score (nSPS) is 19.2. The predicted octanol–water partition coefficient (Wildman–Crippen LogP) is 1.93. The molecule has 0 radical (unpaired) electrons. The van der Waals surface area contributed by atoms with Crippen molar-refractivity contribution in [2.24, 2.45) is 4.99 Å². The zero-order valence-corrected chi connectivity index (χ0v) is 16.7. The summed E-state index contributed by atoms with van der Waals surface area (Å²) in [6.07, 6.45) is 10.9. The fraction of sp³-hybridized carbons (Fsp3) is 0.750. The van der Waals surface area contributed by atoms with Gasteiger partial charge in [0.1, 0.15) is 0 Å². The Balaban J connectivity index is 0.00000264. The van der Waals surface area contributed by atoms with Crippen LogP contribution in [0.5, 0.6) is 0 Å². The maximum atomic E-state index is 4.26. The van der Waals surface area contributed by atoms with Gasteiger partial charge in [0.05, 0.1) is 6.33 Å². The summed E-state index contributed by atoms with van der Waals surface area (Å²) in [5, 5.41) is 6.72. The second-order valence-electron chi connectivity index (χ2n) is 5.96. The number of rotatable bonds is 7. The second kappa shape index (κ2) is 11.7. The van der Waals surface area contributed by atoms with Crippen LogP contribution in [0.3, 0.4) is 0 Å². The van der Waals surface area contributed by atoms with Gasteiger partial charge in [0.25, 0.3) is 0 Å². The molecule has 1 aromatic rings. The van der Waals surface area contributed by atoms with Gasteiger partial charge in [0.2, 0.25) is 0 Å². The third kappa shape index (κ3) is 7.52. The van der Waals surface area contributed by atoms with Gasteiger partial charge in [0, 0.05) is 51.7 Å². The predicted molar refractivity (Wildman–Crippen MR) is 107 cm³/mol. The molecule has 132 valence electrons. The van der Waals surface area contributed by atoms with Crippen LogP contribution < -0.4 is 10.6 Å². The number of likely N-dealkylation sites (tertiary alicyclic amines) is 1. The number of piperidine rings is 1. The van der Waals surface area contributed by atoms with Gasteiger partial charge < -0.3 is 20.1 Å². The lowest BCUT2D eigenvalue weighted by Gasteiger charge is -2.33. The molecule has 23 heavy (non-hydrogen) atoms. The number of aromatic nitrogens is 2. The molecular weight excluding hydrogens is 403 g/mol. The Morgan fingerprint density at radius 2 is 2.09 bits per heavy atom. The van der Waals surface area contributed by atoms with Crippen molar-refractivity contribution in [2.45, 2.75) is 45.2 Å². The van der Waals surface area contributed by atoms with E-state index in [1.165, 1.54) is 32.4 Å². The first-order valence-electron chi connectivity index (χ1n) is 8.44. The highest BCUT2D eigenvalue weighted by Crippen LogP contribution is 2.15. The van der Waals surface area contributed by atoms with Crippen molar-refractivity contribution in [2.75, 3.05) is 33.2 Å². The minimum Gasteiger partial charge on any atom is -0.356 e. The van der Waals surface area contributed by atoms with Crippen molar-refractivity contribution >= 4 is 29.9 Å². The molecule has 0 amide bonds. The second-order valence-corrected chi connectivity index (χ2v) is 5.96. The largest absolute Gasteiger partial charge is 0.356 e. The van der Waals surface area contributed by atoms with E-state index in [1.54, 1.807) is 6.20 Å². The third-order valence-corrected chi connectivity index (χ3v) is 4.30. The average molecular weight is 434 g/mol. The molecule has 1 aromatic heterocycles. The Bertz CT molecular complexity index is 434. The van der Waals surface area contributed by atoms with Crippen LogP contribution >= 0.6 is 24.0 Å². The van der Waals surface area contributed by atoms with Crippen LogP contribution in [0.4, 0.5) is 0 Å². The van der Waals surface area contributed by atoms with Gasteiger partial charge in [-0.05, 0) is 32.7 Å². The van der Waals surface area contributed by atoms with E-state index < -0.39 is 0 Å². The van der Waals surface area contributed by atoms with Crippen molar-refractivity contribution in [1.29, 1.82) is 0 Å². The molecule has 6 nitrogen and oxygen atoms in total. The van der Waals surface area contributed by atoms with E-state index in [4.69, 9.17) is 0 Å². The number of hydrogen-bond acceptors (Lipinski definition) is 3. The fourth-order valence-corrected chi connectivity index (χ4v) is 2.92. The molecule has 2 N–H and O–H groups in total. The maximum absolute atomic E-state index is 4.26. The van der Waals surface area contributed by atoms with E-state index in [9.17, 15) is 0 Å². The van der Waals surface area contributed by atoms with Crippen LogP contribution in [0.2, 0.25) is 0 Å². The number of imidazole rings is 1. The minimum absolute atomic E-state index is 0. The van der Waals surface area contributed by atoms with Crippen molar-refractivity contribution in [1.82, 2.24) is 25.1 Å². The first kappa shape index (κ1) is 20.2. The molecule has 0 aromatic carbocycles. The number of nitrogens with one attached hydrogen (secondary N) is 2. The van der Waals surface area contributed by atoms with E-state index >= 15 is 0 Å². The quantitative estimate of drug-likeness (QED) is 0.298. The maximum Gasteiger partial charge on any atom is 0.191 e. The molecule has 7 heteroatoms. The van der Waals surface area contributed by atoms with Crippen molar-refractivity contribution in [3.8, 4) is 0 Å². The molecule has 1 aliphatic heterocycles. The summed E-state index contributed by atoms with van der Waals surface area (Å²) in [5.74, 6) is 0.881. The summed E-state index contributed by atoms with van der Waals surface area (Å²) >= 11 is 0. The molecule has 0 spiro atoms. The molecule has 1 fully saturated rings. The highest BCUT2D eigenvalue weighted by Gasteiger charge is 2.16. The smallest absolute Gasteiger partial charge is 0.191 e. The van der Waals surface area contributed by atoms with E-state index in [2.05, 4.69) is 37.0 Å². The first-order valence-corrected chi connectivity index (χ1v) is 8.44. The minimum atomic E-state index is 0. The molecule has 2 rings (SSSR count). The Kier molecular flexibility index (Phi) is 10.3. The highest BCUT2D eigenvalue weighted by molar-refractivity contribution is 14.0. The van der Waals surface area contributed by atoms with Crippen LogP contribution in [0.15, 0.2) is 23.7 Å². The highest BCUT2D eigenvalue weighted by atomic mass is 127. The number of nitrogens with zero attached hydrogens (tertiary/aromatic N) is 4. The molecule has 1 aliphatic rings. The monoisotopic (exact) mass is 434 g/mol. The summed E-state index contributed by atoms with van der Waals surface area (Å²) in [6.45, 7) is 7.50. The van der Waals surface area contributed by atoms with Gasteiger partial charge in [-0.15, -0.1) is 24.0 Å². The van der Waals surface area contributed by atoms with Crippen LogP contribution in [0.1, 0.15) is 32.6 Å². The number of hydrogen-bond donors (Lipinski definition) is 2. The number of guanidine groups is 1. The standard InChI is InChI=1S/C16H30N6.HI/c1-15-6-3-4-10-22(15)11-5-7-19-16(17-2)20-9-13-21-12-8-18-14-21;/h8,12,14-15H,3-7,9-11,13H2,1-2H3,(H2,17,19,20);1H. The molecule has 0 bridgehead atoms. The van der Waals surface area contributed by atoms with Gasteiger partial charge in [0.15, 0.2) is 5.96 Å². The summed E-state index contributed by atoms with van der Waals surface area (Å²) < 4.78 is 2.05. The number of aliphatic imine (C=N–C) groups is 1. The van der Waals surface area contributed by atoms with E-state index in [1.807, 2.05) is 19.6 Å². The van der Waals surface area contributed by atoms with Crippen LogP contribution in [0, 0.1) is 0 Å². The van der Waals surface area contributed by atoms with E-state index in [0.29, 0.717) is 0 Å². The molecule has 1 unspecified atom stereocenters. The van der Waals surface area contributed by atoms with Gasteiger partial charge >= 0.3 is 0 Å². The van der Waals surface area contributed by atoms with Crippen molar-refractivity contribution in [3.05, 3.63) is 18.7 Å². The topological polar surface area (TPSA) is 57.5 Å². The van der Waals surface area contributed by atoms with Crippen LogP contribution in [0.25, 0.3) is 0 Å². The lowest BCUT2D eigenvalue weighted by atomic mass is 10.0. The lowest BCUT2D eigenvalue weighted by molar-refractivity contribution is 0.159. The SMILES string of the molecule is CN=C(NCCCN1CCCCC1C)NCCn1ccnc1.I. The van der Waals surface area contributed by atoms with Crippen LogP contribution in [-0.2, 0) is 6.54 Å². The first-order chi connectivity index (χ1) is 10.8. The zero-order valence-electron chi connectivity index (χ0n) is 14.4. The lowest BCUT2D eigenvalue weighted by Crippen LogP contribution is -2.42. The summed E-state index contributed by atoms with van der Waals surface area (Å²) in [4.78, 5) is 10.9. The zero-order chi connectivity index (χ0) is 15.6. The average Bonchev–Trinajstić information content (AvgIpc) is 3.04. The van der Waals surface area contributed by atoms with Crippen molar-refractivity contribution in [3.63, 3.8) is 0 Å². The van der Waals surface area contributed by atoms with Gasteiger partial charge in [-0.25, -0.2) is 4.98 Å². The third-order valence-electron chi connectivity index (χ3n) is 4.30. The Morgan fingerprint density at radius 3 is 2.78 bits per heavy atom. The van der Waals surface area contributed by atoms with E-state index in [-0.39, 0.29) is 24.0 Å². The Morgan fingerprint density at radius 1 is 1.26 bits per heavy atom. The molecule has 1 saturated heterocycles. The molecule has 2 heterocycles. The summed E-state index contributed by atoms with van der Waals surface area (Å²) in [6, 6.07) is 0.751. The van der Waals surface area contributed by atoms with Gasteiger partial charge in [-0.3, -0.25) is 4.99 Å². The van der Waals surface area contributed by atoms with Gasteiger partial charge in [-0.1, -0.05) is 6.42 Å². The van der Waals surface area contributed by atoms with E-state index in [0.717, 1.165) is 38.1 Å². The van der Waals surface area contributed by atoms with Gasteiger partial charge in [-0.2, -0.15) is 0 Å². The van der Waals surface area contributed by atoms with Crippen molar-refractivity contribution < 1.29 is 0 Å². The molecule has 0 saturated carbocycles. The summed E-state index contributed by atoms with van der Waals surface area (Å²) in [7, 11) is 1.82. The summed E-state index contributed by atoms with van der Waals surface area (Å²) in [5.41, 5.74) is 0. The number of halogens is 1. The fourth-order valence-electron chi connectivity index (χ4n) is 2.92. The molecule has 0 aliphatic carbocycles.